The zero-order chi connectivity index (χ0) is 14.3. The Bertz CT molecular complexity index is 474. The molecular weight excluding hydrogens is 250 g/mol. The molecule has 2 aliphatic heterocycles. The SMILES string of the molecule is CC(C)N1CC(C)C2(OCOc3ccccc32)C(C)C1. The van der Waals surface area contributed by atoms with E-state index in [1.165, 1.54) is 5.56 Å². The maximum absolute atomic E-state index is 6.24. The van der Waals surface area contributed by atoms with Gasteiger partial charge >= 0.3 is 0 Å². The molecule has 0 N–H and O–H groups in total. The molecule has 0 aliphatic carbocycles. The molecule has 20 heavy (non-hydrogen) atoms. The Morgan fingerprint density at radius 3 is 2.45 bits per heavy atom. The van der Waals surface area contributed by atoms with Gasteiger partial charge in [-0.25, -0.2) is 0 Å². The standard InChI is InChI=1S/C17H25NO2/c1-12(2)18-9-13(3)17(14(4)10-18)15-7-5-6-8-16(15)19-11-20-17/h5-8,12-14H,9-11H2,1-4H3. The third kappa shape index (κ3) is 1.95. The second kappa shape index (κ2) is 5.05. The van der Waals surface area contributed by atoms with Crippen molar-refractivity contribution in [3.63, 3.8) is 0 Å². The molecule has 3 rings (SSSR count). The van der Waals surface area contributed by atoms with Crippen LogP contribution in [0.25, 0.3) is 0 Å². The number of likely N-dealkylation sites (tertiary alicyclic amines) is 1. The predicted molar refractivity (Wildman–Crippen MR) is 79.7 cm³/mol. The molecule has 1 aromatic carbocycles. The van der Waals surface area contributed by atoms with Gasteiger partial charge in [0.1, 0.15) is 11.4 Å². The first-order valence-electron chi connectivity index (χ1n) is 7.66. The van der Waals surface area contributed by atoms with Crippen LogP contribution in [0, 0.1) is 11.8 Å². The zero-order valence-electron chi connectivity index (χ0n) is 12.9. The Morgan fingerprint density at radius 2 is 1.80 bits per heavy atom. The van der Waals surface area contributed by atoms with E-state index in [4.69, 9.17) is 9.47 Å². The largest absolute Gasteiger partial charge is 0.467 e. The van der Waals surface area contributed by atoms with E-state index in [9.17, 15) is 0 Å². The zero-order valence-corrected chi connectivity index (χ0v) is 12.9. The van der Waals surface area contributed by atoms with Crippen LogP contribution in [0.2, 0.25) is 0 Å². The molecular formula is C17H25NO2. The molecule has 1 spiro atoms. The lowest BCUT2D eigenvalue weighted by Crippen LogP contribution is -2.58. The Morgan fingerprint density at radius 1 is 1.15 bits per heavy atom. The highest BCUT2D eigenvalue weighted by Crippen LogP contribution is 2.49. The molecule has 1 saturated heterocycles. The van der Waals surface area contributed by atoms with E-state index in [1.807, 2.05) is 6.07 Å². The average Bonchev–Trinajstić information content (AvgIpc) is 2.44. The molecule has 0 radical (unpaired) electrons. The summed E-state index contributed by atoms with van der Waals surface area (Å²) in [6.45, 7) is 11.7. The number of hydrogen-bond acceptors (Lipinski definition) is 3. The summed E-state index contributed by atoms with van der Waals surface area (Å²) in [4.78, 5) is 2.56. The van der Waals surface area contributed by atoms with Crippen molar-refractivity contribution < 1.29 is 9.47 Å². The van der Waals surface area contributed by atoms with Crippen LogP contribution in [0.1, 0.15) is 33.3 Å². The second-order valence-electron chi connectivity index (χ2n) is 6.55. The van der Waals surface area contributed by atoms with E-state index in [0.717, 1.165) is 18.8 Å². The minimum Gasteiger partial charge on any atom is -0.467 e. The molecule has 2 aliphatic rings. The number of fused-ring (bicyclic) bond motifs is 2. The van der Waals surface area contributed by atoms with E-state index < -0.39 is 0 Å². The molecule has 0 aromatic heterocycles. The van der Waals surface area contributed by atoms with Crippen LogP contribution in [0.3, 0.4) is 0 Å². The maximum Gasteiger partial charge on any atom is 0.190 e. The first-order valence-corrected chi connectivity index (χ1v) is 7.66. The van der Waals surface area contributed by atoms with Crippen LogP contribution < -0.4 is 4.74 Å². The van der Waals surface area contributed by atoms with E-state index in [1.54, 1.807) is 0 Å². The van der Waals surface area contributed by atoms with Gasteiger partial charge in [0.15, 0.2) is 6.79 Å². The average molecular weight is 275 g/mol. The van der Waals surface area contributed by atoms with Crippen LogP contribution in [0.15, 0.2) is 24.3 Å². The Hall–Kier alpha value is -1.06. The van der Waals surface area contributed by atoms with E-state index in [0.29, 0.717) is 24.7 Å². The fraction of sp³-hybridized carbons (Fsp3) is 0.647. The Balaban J connectivity index is 2.01. The molecule has 0 amide bonds. The van der Waals surface area contributed by atoms with Crippen LogP contribution in [-0.2, 0) is 10.3 Å². The highest BCUT2D eigenvalue weighted by Gasteiger charge is 2.51. The first kappa shape index (κ1) is 13.9. The summed E-state index contributed by atoms with van der Waals surface area (Å²) < 4.78 is 11.9. The van der Waals surface area contributed by atoms with Gasteiger partial charge in [-0.1, -0.05) is 32.0 Å². The van der Waals surface area contributed by atoms with E-state index in [2.05, 4.69) is 50.8 Å². The van der Waals surface area contributed by atoms with Gasteiger partial charge < -0.3 is 14.4 Å². The minimum absolute atomic E-state index is 0.194. The van der Waals surface area contributed by atoms with Gasteiger partial charge in [-0.2, -0.15) is 0 Å². The number of ether oxygens (including phenoxy) is 2. The summed E-state index contributed by atoms with van der Waals surface area (Å²) in [6.07, 6.45) is 0. The summed E-state index contributed by atoms with van der Waals surface area (Å²) >= 11 is 0. The molecule has 3 nitrogen and oxygen atoms in total. The van der Waals surface area contributed by atoms with Crippen molar-refractivity contribution in [1.29, 1.82) is 0 Å². The van der Waals surface area contributed by atoms with E-state index in [-0.39, 0.29) is 5.60 Å². The van der Waals surface area contributed by atoms with Gasteiger partial charge in [0, 0.05) is 36.5 Å². The Labute approximate surface area is 121 Å². The number of para-hydroxylation sites is 1. The summed E-state index contributed by atoms with van der Waals surface area (Å²) in [6, 6.07) is 8.95. The minimum atomic E-state index is -0.194. The molecule has 2 heterocycles. The van der Waals surface area contributed by atoms with Gasteiger partial charge in [0.05, 0.1) is 0 Å². The molecule has 1 aromatic rings. The van der Waals surface area contributed by atoms with Crippen LogP contribution >= 0.6 is 0 Å². The summed E-state index contributed by atoms with van der Waals surface area (Å²) in [5, 5.41) is 0. The van der Waals surface area contributed by atoms with Gasteiger partial charge in [0.2, 0.25) is 0 Å². The van der Waals surface area contributed by atoms with Gasteiger partial charge in [0.25, 0.3) is 0 Å². The quantitative estimate of drug-likeness (QED) is 0.785. The summed E-state index contributed by atoms with van der Waals surface area (Å²) in [5.74, 6) is 1.91. The maximum atomic E-state index is 6.24. The van der Waals surface area contributed by atoms with Gasteiger partial charge in [-0.15, -0.1) is 0 Å². The van der Waals surface area contributed by atoms with Crippen molar-refractivity contribution in [3.8, 4) is 5.75 Å². The van der Waals surface area contributed by atoms with Crippen molar-refractivity contribution in [2.24, 2.45) is 11.8 Å². The molecule has 110 valence electrons. The summed E-state index contributed by atoms with van der Waals surface area (Å²) in [7, 11) is 0. The number of benzene rings is 1. The first-order chi connectivity index (χ1) is 9.55. The van der Waals surface area contributed by atoms with Crippen LogP contribution in [-0.4, -0.2) is 30.8 Å². The topological polar surface area (TPSA) is 21.7 Å². The summed E-state index contributed by atoms with van der Waals surface area (Å²) in [5.41, 5.74) is 1.04. The number of hydrogen-bond donors (Lipinski definition) is 0. The van der Waals surface area contributed by atoms with Crippen molar-refractivity contribution >= 4 is 0 Å². The monoisotopic (exact) mass is 275 g/mol. The van der Waals surface area contributed by atoms with Crippen molar-refractivity contribution in [2.75, 3.05) is 19.9 Å². The van der Waals surface area contributed by atoms with Crippen LogP contribution in [0.5, 0.6) is 5.75 Å². The number of rotatable bonds is 1. The normalized spacial score (nSPS) is 34.0. The molecule has 0 saturated carbocycles. The fourth-order valence-electron chi connectivity index (χ4n) is 3.96. The number of nitrogens with zero attached hydrogens (tertiary/aromatic N) is 1. The highest BCUT2D eigenvalue weighted by atomic mass is 16.7. The third-order valence-corrected chi connectivity index (χ3v) is 5.03. The molecule has 2 atom stereocenters. The molecule has 1 fully saturated rings. The van der Waals surface area contributed by atoms with Gasteiger partial charge in [-0.3, -0.25) is 0 Å². The molecule has 3 heteroatoms. The third-order valence-electron chi connectivity index (χ3n) is 5.03. The fourth-order valence-corrected chi connectivity index (χ4v) is 3.96. The van der Waals surface area contributed by atoms with Crippen molar-refractivity contribution in [1.82, 2.24) is 4.90 Å². The Kier molecular flexibility index (Phi) is 3.51. The highest BCUT2D eigenvalue weighted by molar-refractivity contribution is 5.40. The van der Waals surface area contributed by atoms with Gasteiger partial charge in [-0.05, 0) is 19.9 Å². The lowest BCUT2D eigenvalue weighted by atomic mass is 9.69. The van der Waals surface area contributed by atoms with E-state index >= 15 is 0 Å². The second-order valence-corrected chi connectivity index (χ2v) is 6.55. The lowest BCUT2D eigenvalue weighted by molar-refractivity contribution is -0.209. The van der Waals surface area contributed by atoms with Crippen molar-refractivity contribution in [2.45, 2.75) is 39.3 Å². The predicted octanol–water partition coefficient (Wildman–Crippen LogP) is 3.24. The molecule has 0 bridgehead atoms. The van der Waals surface area contributed by atoms with Crippen LogP contribution in [0.4, 0.5) is 0 Å². The number of piperidine rings is 1. The lowest BCUT2D eigenvalue weighted by Gasteiger charge is -2.53. The molecule has 2 unspecified atom stereocenters. The smallest absolute Gasteiger partial charge is 0.190 e. The van der Waals surface area contributed by atoms with Crippen molar-refractivity contribution in [3.05, 3.63) is 29.8 Å².